The molecule has 0 saturated heterocycles. The molecule has 0 atom stereocenters. The van der Waals surface area contributed by atoms with E-state index in [-0.39, 0.29) is 0 Å². The number of hydrogen-bond donors (Lipinski definition) is 0. The van der Waals surface area contributed by atoms with Gasteiger partial charge in [0.15, 0.2) is 0 Å². The maximum absolute atomic E-state index is 4.28. The van der Waals surface area contributed by atoms with E-state index < -0.39 is 36.8 Å². The van der Waals surface area contributed by atoms with Crippen LogP contribution in [0.3, 0.4) is 0 Å². The molecule has 0 heterocycles. The number of hydrogen-bond acceptors (Lipinski definition) is 0. The summed E-state index contributed by atoms with van der Waals surface area (Å²) >= 11 is -3.37. The second-order valence-corrected chi connectivity index (χ2v) is 38.2. The Morgan fingerprint density at radius 1 is 0.800 bits per heavy atom. The van der Waals surface area contributed by atoms with Crippen molar-refractivity contribution >= 4 is 36.8 Å². The third kappa shape index (κ3) is 3.65. The first kappa shape index (κ1) is 11.3. The molecule has 0 rings (SSSR count). The van der Waals surface area contributed by atoms with E-state index >= 15 is 0 Å². The van der Waals surface area contributed by atoms with Crippen LogP contribution < -0.4 is 0 Å². The van der Waals surface area contributed by atoms with E-state index in [4.69, 9.17) is 0 Å². The van der Waals surface area contributed by atoms with Crippen molar-refractivity contribution in [1.82, 2.24) is 0 Å². The standard InChI is InChI=1S/C2H2.6CH3.2Sn/c1-2;;;;;;;;/h1H2;6*1H3;;. The predicted molar refractivity (Wildman–Crippen MR) is 55.8 cm³/mol. The van der Waals surface area contributed by atoms with Crippen molar-refractivity contribution in [2.75, 3.05) is 0 Å². The fourth-order valence-electron chi connectivity index (χ4n) is 1.12. The Morgan fingerprint density at radius 2 is 1.00 bits per heavy atom. The van der Waals surface area contributed by atoms with E-state index in [9.17, 15) is 0 Å². The van der Waals surface area contributed by atoms with Gasteiger partial charge in [-0.3, -0.25) is 0 Å². The summed E-state index contributed by atoms with van der Waals surface area (Å²) in [6.45, 7) is 4.28. The van der Waals surface area contributed by atoms with Crippen molar-refractivity contribution in [3.8, 4) is 0 Å². The van der Waals surface area contributed by atoms with E-state index in [0.29, 0.717) is 0 Å². The summed E-state index contributed by atoms with van der Waals surface area (Å²) < 4.78 is 1.74. The van der Waals surface area contributed by atoms with Gasteiger partial charge in [-0.05, 0) is 0 Å². The Labute approximate surface area is 73.8 Å². The monoisotopic (exact) mass is 356 g/mol. The van der Waals surface area contributed by atoms with Gasteiger partial charge in [-0.2, -0.15) is 0 Å². The predicted octanol–water partition coefficient (Wildman–Crippen LogP) is 3.30. The van der Waals surface area contributed by atoms with Gasteiger partial charge in [-0.1, -0.05) is 0 Å². The zero-order valence-corrected chi connectivity index (χ0v) is 13.9. The second-order valence-electron chi connectivity index (χ2n) is 4.98. The van der Waals surface area contributed by atoms with Gasteiger partial charge < -0.3 is 0 Å². The molecule has 0 aromatic heterocycles. The molecule has 0 aliphatic heterocycles. The molecular weight excluding hydrogens is 334 g/mol. The van der Waals surface area contributed by atoms with Crippen molar-refractivity contribution in [2.24, 2.45) is 0 Å². The molecule has 0 aromatic rings. The first-order chi connectivity index (χ1) is 4.15. The van der Waals surface area contributed by atoms with Crippen molar-refractivity contribution in [2.45, 2.75) is 29.6 Å². The summed E-state index contributed by atoms with van der Waals surface area (Å²) in [6, 6.07) is 0. The summed E-state index contributed by atoms with van der Waals surface area (Å²) in [5.41, 5.74) is 0. The fourth-order valence-corrected chi connectivity index (χ4v) is 50.6. The molecule has 0 aromatic carbocycles. The average molecular weight is 354 g/mol. The van der Waals surface area contributed by atoms with Crippen molar-refractivity contribution in [3.05, 3.63) is 8.18 Å². The summed E-state index contributed by atoms with van der Waals surface area (Å²) in [5, 5.41) is 0. The quantitative estimate of drug-likeness (QED) is 0.668. The molecule has 0 unspecified atom stereocenters. The van der Waals surface area contributed by atoms with Crippen molar-refractivity contribution < 1.29 is 0 Å². The van der Waals surface area contributed by atoms with Crippen LogP contribution in [-0.4, -0.2) is 36.8 Å². The maximum atomic E-state index is 4.28. The molecule has 0 spiro atoms. The average Bonchev–Trinajstić information content (AvgIpc) is 1.59. The fraction of sp³-hybridized carbons (Fsp3) is 0.750. The Kier molecular flexibility index (Phi) is 3.83. The van der Waals surface area contributed by atoms with Crippen LogP contribution in [-0.2, 0) is 0 Å². The summed E-state index contributed by atoms with van der Waals surface area (Å²) in [4.78, 5) is 14.8. The zero-order chi connectivity index (χ0) is 8.58. The molecule has 0 saturated carbocycles. The SMILES string of the molecule is C=[C]([Sn]([CH3])([CH3])[CH3])[Sn]([CH3])([CH3])[CH3]. The molecule has 0 N–H and O–H groups in total. The Balaban J connectivity index is 4.40. The topological polar surface area (TPSA) is 0 Å². The molecule has 0 aliphatic rings. The van der Waals surface area contributed by atoms with Gasteiger partial charge in [0.05, 0.1) is 0 Å². The molecule has 10 heavy (non-hydrogen) atoms. The van der Waals surface area contributed by atoms with Crippen molar-refractivity contribution in [3.63, 3.8) is 0 Å². The summed E-state index contributed by atoms with van der Waals surface area (Å²) in [7, 11) is 0. The molecule has 2 heteroatoms. The second kappa shape index (κ2) is 3.38. The molecular formula is C8H20Sn2. The van der Waals surface area contributed by atoms with Gasteiger partial charge in [-0.25, -0.2) is 0 Å². The van der Waals surface area contributed by atoms with E-state index in [0.717, 1.165) is 0 Å². The Bertz CT molecular complexity index is 118. The van der Waals surface area contributed by atoms with E-state index in [1.165, 1.54) is 0 Å². The van der Waals surface area contributed by atoms with E-state index in [2.05, 4.69) is 36.2 Å². The van der Waals surface area contributed by atoms with Crippen LogP contribution in [0.5, 0.6) is 0 Å². The van der Waals surface area contributed by atoms with Gasteiger partial charge in [0, 0.05) is 0 Å². The van der Waals surface area contributed by atoms with Crippen LogP contribution in [0, 0.1) is 0 Å². The molecule has 0 aliphatic carbocycles. The van der Waals surface area contributed by atoms with Gasteiger partial charge in [0.25, 0.3) is 0 Å². The number of rotatable bonds is 2. The van der Waals surface area contributed by atoms with Gasteiger partial charge >= 0.3 is 74.6 Å². The van der Waals surface area contributed by atoms with E-state index in [1.807, 2.05) is 0 Å². The van der Waals surface area contributed by atoms with Crippen LogP contribution in [0.1, 0.15) is 0 Å². The molecule has 0 nitrogen and oxygen atoms in total. The normalized spacial score (nSPS) is 13.4. The first-order valence-corrected chi connectivity index (χ1v) is 23.8. The van der Waals surface area contributed by atoms with Gasteiger partial charge in [0.1, 0.15) is 0 Å². The minimum atomic E-state index is -1.68. The third-order valence-corrected chi connectivity index (χ3v) is 40.9. The summed E-state index contributed by atoms with van der Waals surface area (Å²) in [6.07, 6.45) is 0. The molecule has 0 amide bonds. The molecule has 0 radical (unpaired) electrons. The minimum absolute atomic E-state index is 1.68. The first-order valence-electron chi connectivity index (χ1n) is 3.85. The summed E-state index contributed by atoms with van der Waals surface area (Å²) in [5.74, 6) is 0. The molecule has 0 bridgehead atoms. The van der Waals surface area contributed by atoms with Crippen LogP contribution in [0.2, 0.25) is 29.6 Å². The van der Waals surface area contributed by atoms with Gasteiger partial charge in [0.2, 0.25) is 0 Å². The Hall–Kier alpha value is 1.34. The van der Waals surface area contributed by atoms with Crippen LogP contribution in [0.25, 0.3) is 0 Å². The third-order valence-electron chi connectivity index (χ3n) is 1.81. The van der Waals surface area contributed by atoms with Crippen LogP contribution in [0.15, 0.2) is 8.18 Å². The van der Waals surface area contributed by atoms with E-state index in [1.54, 1.807) is 1.60 Å². The zero-order valence-electron chi connectivity index (χ0n) is 8.21. The van der Waals surface area contributed by atoms with Crippen LogP contribution >= 0.6 is 0 Å². The molecule has 0 fully saturated rings. The Morgan fingerprint density at radius 3 is 1.00 bits per heavy atom. The van der Waals surface area contributed by atoms with Gasteiger partial charge in [-0.15, -0.1) is 0 Å². The van der Waals surface area contributed by atoms with Crippen LogP contribution in [0.4, 0.5) is 0 Å². The van der Waals surface area contributed by atoms with Crippen molar-refractivity contribution in [1.29, 1.82) is 0 Å². The molecule has 60 valence electrons.